The smallest absolute Gasteiger partial charge is 0.348 e. The third kappa shape index (κ3) is 6.28. The third-order valence-electron chi connectivity index (χ3n) is 5.67. The van der Waals surface area contributed by atoms with Crippen LogP contribution in [0, 0.1) is 5.41 Å². The van der Waals surface area contributed by atoms with E-state index in [1.54, 1.807) is 12.1 Å². The highest BCUT2D eigenvalue weighted by molar-refractivity contribution is 7.52. The van der Waals surface area contributed by atoms with Crippen LogP contribution in [0.1, 0.15) is 35.3 Å². The minimum absolute atomic E-state index is 0.173. The maximum atomic E-state index is 13.3. The maximum absolute atomic E-state index is 13.3. The van der Waals surface area contributed by atoms with Crippen LogP contribution in [0.25, 0.3) is 0 Å². The summed E-state index contributed by atoms with van der Waals surface area (Å²) in [5.74, 6) is -3.24. The number of carbonyl (C=O) groups is 2. The molecule has 3 atom stereocenters. The monoisotopic (exact) mass is 489 g/mol. The number of hydrogen-bond donors (Lipinski definition) is 7. The third-order valence-corrected chi connectivity index (χ3v) is 6.77. The van der Waals surface area contributed by atoms with Crippen molar-refractivity contribution in [3.05, 3.63) is 71.3 Å². The summed E-state index contributed by atoms with van der Waals surface area (Å²) < 4.78 is 12.2. The predicted octanol–water partition coefficient (Wildman–Crippen LogP) is 0.928. The lowest BCUT2D eigenvalue weighted by molar-refractivity contribution is -0.149. The number of amidine groups is 1. The second kappa shape index (κ2) is 10.9. The molecule has 11 nitrogen and oxygen atoms in total. The summed E-state index contributed by atoms with van der Waals surface area (Å²) >= 11 is 0. The molecule has 0 spiro atoms. The van der Waals surface area contributed by atoms with E-state index in [9.17, 15) is 29.0 Å². The van der Waals surface area contributed by atoms with Crippen molar-refractivity contribution in [3.8, 4) is 0 Å². The first-order valence-corrected chi connectivity index (χ1v) is 12.3. The molecular weight excluding hydrogens is 461 g/mol. The Hall–Kier alpha value is -3.08. The first kappa shape index (κ1) is 25.5. The maximum Gasteiger partial charge on any atom is 0.348 e. The van der Waals surface area contributed by atoms with Crippen LogP contribution in [-0.4, -0.2) is 56.1 Å². The number of nitrogen functional groups attached to an aromatic ring is 1. The van der Waals surface area contributed by atoms with Crippen molar-refractivity contribution >= 4 is 25.3 Å². The van der Waals surface area contributed by atoms with Gasteiger partial charge in [0, 0.05) is 12.1 Å². The van der Waals surface area contributed by atoms with E-state index in [0.29, 0.717) is 18.4 Å². The van der Waals surface area contributed by atoms with E-state index in [1.807, 2.05) is 18.2 Å². The zero-order chi connectivity index (χ0) is 24.9. The number of likely N-dealkylation sites (tertiary alicyclic amines) is 1. The van der Waals surface area contributed by atoms with Crippen molar-refractivity contribution in [3.63, 3.8) is 0 Å². The molecule has 1 aliphatic rings. The molecule has 8 N–H and O–H groups in total. The van der Waals surface area contributed by atoms with E-state index < -0.39 is 37.3 Å². The van der Waals surface area contributed by atoms with Gasteiger partial charge in [-0.3, -0.25) is 14.8 Å². The normalized spacial score (nSPS) is 17.8. The molecule has 0 saturated carbocycles. The Kier molecular flexibility index (Phi) is 8.19. The lowest BCUT2D eigenvalue weighted by Gasteiger charge is -2.29. The number of carboxylic acids is 1. The Labute approximate surface area is 196 Å². The molecule has 182 valence electrons. The van der Waals surface area contributed by atoms with Crippen LogP contribution in [0.5, 0.6) is 0 Å². The molecule has 1 heterocycles. The Morgan fingerprint density at radius 3 is 2.32 bits per heavy atom. The molecule has 1 aliphatic heterocycles. The summed E-state index contributed by atoms with van der Waals surface area (Å²) in [5, 5.41) is 16.9. The minimum atomic E-state index is -4.74. The van der Waals surface area contributed by atoms with Crippen LogP contribution >= 0.6 is 7.60 Å². The zero-order valence-corrected chi connectivity index (χ0v) is 19.2. The van der Waals surface area contributed by atoms with Crippen LogP contribution in [0.4, 0.5) is 0 Å². The number of carboxylic acid groups (broad SMARTS) is 1. The average molecular weight is 489 g/mol. The molecule has 12 heteroatoms. The quantitative estimate of drug-likeness (QED) is 0.110. The second-order valence-corrected chi connectivity index (χ2v) is 9.78. The highest BCUT2D eigenvalue weighted by Gasteiger charge is 2.38. The largest absolute Gasteiger partial charge is 0.480 e. The number of hydrazine groups is 1. The van der Waals surface area contributed by atoms with E-state index in [1.165, 1.54) is 29.2 Å². The van der Waals surface area contributed by atoms with Gasteiger partial charge in [-0.15, -0.1) is 0 Å². The lowest BCUT2D eigenvalue weighted by Crippen LogP contribution is -2.55. The van der Waals surface area contributed by atoms with Crippen molar-refractivity contribution in [2.75, 3.05) is 6.54 Å². The summed E-state index contributed by atoms with van der Waals surface area (Å²) in [7, 11) is -4.74. The van der Waals surface area contributed by atoms with Gasteiger partial charge in [0.2, 0.25) is 5.91 Å². The number of nitrogens with two attached hydrogens (primary N) is 1. The molecule has 34 heavy (non-hydrogen) atoms. The van der Waals surface area contributed by atoms with E-state index in [4.69, 9.17) is 11.1 Å². The molecular formula is C22H28N5O6P. The van der Waals surface area contributed by atoms with Gasteiger partial charge in [-0.05, 0) is 30.4 Å². The number of carbonyl (C=O) groups excluding carboxylic acids is 1. The van der Waals surface area contributed by atoms with Gasteiger partial charge in [-0.2, -0.15) is 0 Å². The molecule has 2 aromatic carbocycles. The number of benzene rings is 2. The van der Waals surface area contributed by atoms with Crippen molar-refractivity contribution < 1.29 is 29.0 Å². The van der Waals surface area contributed by atoms with Crippen molar-refractivity contribution in [1.82, 2.24) is 15.8 Å². The Balaban J connectivity index is 1.84. The van der Waals surface area contributed by atoms with Gasteiger partial charge in [0.15, 0.2) is 0 Å². The molecule has 0 aliphatic carbocycles. The van der Waals surface area contributed by atoms with Gasteiger partial charge in [0.1, 0.15) is 23.7 Å². The van der Waals surface area contributed by atoms with Crippen molar-refractivity contribution in [2.45, 2.75) is 37.1 Å². The highest BCUT2D eigenvalue weighted by atomic mass is 31.2. The number of hydrogen-bond acceptors (Lipinski definition) is 6. The standard InChI is InChI=1S/C22H28N5O6P/c23-19(24)15-8-10-16(11-9-15)20(34(31,32)33)26-25-17(13-14-5-2-1-3-6-14)21(28)27-12-4-7-18(27)22(29)30/h1-3,5-6,8-11,17-18,20,25-26H,4,7,12-13H2,(H3,23,24)(H,29,30)(H2,31,32,33)/t17-,18+,20?/m1/s1. The van der Waals surface area contributed by atoms with Crippen molar-refractivity contribution in [2.24, 2.45) is 5.73 Å². The van der Waals surface area contributed by atoms with E-state index in [0.717, 1.165) is 5.56 Å². The fourth-order valence-electron chi connectivity index (χ4n) is 3.92. The molecule has 1 fully saturated rings. The summed E-state index contributed by atoms with van der Waals surface area (Å²) in [4.78, 5) is 46.1. The Bertz CT molecular complexity index is 1070. The van der Waals surface area contributed by atoms with Gasteiger partial charge in [0.25, 0.3) is 0 Å². The number of rotatable bonds is 10. The average Bonchev–Trinajstić information content (AvgIpc) is 3.28. The van der Waals surface area contributed by atoms with E-state index in [2.05, 4.69) is 10.9 Å². The van der Waals surface area contributed by atoms with E-state index >= 15 is 0 Å². The van der Waals surface area contributed by atoms with Gasteiger partial charge in [-0.25, -0.2) is 15.6 Å². The van der Waals surface area contributed by atoms with Crippen LogP contribution in [0.15, 0.2) is 54.6 Å². The number of amides is 1. The van der Waals surface area contributed by atoms with Crippen LogP contribution in [0.3, 0.4) is 0 Å². The molecule has 0 radical (unpaired) electrons. The molecule has 1 unspecified atom stereocenters. The van der Waals surface area contributed by atoms with Gasteiger partial charge in [0.05, 0.1) is 0 Å². The number of aliphatic carboxylic acids is 1. The Morgan fingerprint density at radius 1 is 1.12 bits per heavy atom. The lowest BCUT2D eigenvalue weighted by atomic mass is 10.0. The van der Waals surface area contributed by atoms with Gasteiger partial charge >= 0.3 is 13.6 Å². The number of nitrogens with one attached hydrogen (secondary N) is 3. The molecule has 1 amide bonds. The topological polar surface area (TPSA) is 189 Å². The summed E-state index contributed by atoms with van der Waals surface area (Å²) in [5.41, 5.74) is 12.2. The molecule has 0 bridgehead atoms. The Morgan fingerprint density at radius 2 is 1.76 bits per heavy atom. The van der Waals surface area contributed by atoms with Gasteiger partial charge in [-0.1, -0.05) is 54.6 Å². The molecule has 3 rings (SSSR count). The van der Waals surface area contributed by atoms with E-state index in [-0.39, 0.29) is 24.4 Å². The fourth-order valence-corrected chi connectivity index (χ4v) is 4.73. The van der Waals surface area contributed by atoms with Gasteiger partial charge < -0.3 is 25.5 Å². The number of nitrogens with zero attached hydrogens (tertiary/aromatic N) is 1. The van der Waals surface area contributed by atoms with Crippen LogP contribution < -0.4 is 16.6 Å². The fraction of sp³-hybridized carbons (Fsp3) is 0.318. The second-order valence-electron chi connectivity index (χ2n) is 8.09. The highest BCUT2D eigenvalue weighted by Crippen LogP contribution is 2.49. The first-order valence-electron chi connectivity index (χ1n) is 10.7. The van der Waals surface area contributed by atoms with Crippen LogP contribution in [-0.2, 0) is 20.6 Å². The molecule has 1 saturated heterocycles. The molecule has 0 aromatic heterocycles. The van der Waals surface area contributed by atoms with Crippen molar-refractivity contribution in [1.29, 1.82) is 5.41 Å². The van der Waals surface area contributed by atoms with Crippen LogP contribution in [0.2, 0.25) is 0 Å². The zero-order valence-electron chi connectivity index (χ0n) is 18.3. The summed E-state index contributed by atoms with van der Waals surface area (Å²) in [6, 6.07) is 12.9. The predicted molar refractivity (Wildman–Crippen MR) is 125 cm³/mol. The summed E-state index contributed by atoms with van der Waals surface area (Å²) in [6.07, 6.45) is 1.08. The SMILES string of the molecule is N=C(N)c1ccc(C(NN[C@H](Cc2ccccc2)C(=O)N2CCC[C@H]2C(=O)O)P(=O)(O)O)cc1. The molecule has 2 aromatic rings. The first-order chi connectivity index (χ1) is 16.1. The summed E-state index contributed by atoms with van der Waals surface area (Å²) in [6.45, 7) is 0.289. The minimum Gasteiger partial charge on any atom is -0.480 e.